The molecule has 0 spiro atoms. The number of nitrogens with one attached hydrogen (secondary N) is 1. The van der Waals surface area contributed by atoms with E-state index in [1.54, 1.807) is 17.1 Å². The maximum Gasteiger partial charge on any atom is 0.126 e. The highest BCUT2D eigenvalue weighted by atomic mass is 35.5. The van der Waals surface area contributed by atoms with Gasteiger partial charge in [0.2, 0.25) is 0 Å². The van der Waals surface area contributed by atoms with Crippen LogP contribution >= 0.6 is 11.6 Å². The quantitative estimate of drug-likeness (QED) is 0.561. The van der Waals surface area contributed by atoms with Crippen molar-refractivity contribution in [2.45, 2.75) is 6.92 Å². The zero-order chi connectivity index (χ0) is 14.3. The second-order valence-electron chi connectivity index (χ2n) is 4.46. The van der Waals surface area contributed by atoms with E-state index in [0.29, 0.717) is 10.6 Å². The van der Waals surface area contributed by atoms with Gasteiger partial charge in [0, 0.05) is 17.8 Å². The molecule has 0 saturated carbocycles. The first-order chi connectivity index (χ1) is 9.58. The van der Waals surface area contributed by atoms with Crippen LogP contribution in [-0.4, -0.2) is 20.6 Å². The van der Waals surface area contributed by atoms with Crippen molar-refractivity contribution in [2.24, 2.45) is 5.73 Å². The standard InChI is InChI=1S/C14H12ClN5/c1-8-11(15)7-20(19-8)13-9-4-2-3-5-12(9)18-6-10(13)14(16)17/h2-7H,1H3,(H3,16,17). The first-order valence-corrected chi connectivity index (χ1v) is 6.40. The Bertz CT molecular complexity index is 802. The number of nitrogens with two attached hydrogens (primary N) is 1. The van der Waals surface area contributed by atoms with Gasteiger partial charge >= 0.3 is 0 Å². The van der Waals surface area contributed by atoms with E-state index in [1.165, 1.54) is 0 Å². The van der Waals surface area contributed by atoms with E-state index in [-0.39, 0.29) is 5.84 Å². The van der Waals surface area contributed by atoms with Crippen LogP contribution < -0.4 is 5.73 Å². The summed E-state index contributed by atoms with van der Waals surface area (Å²) in [4.78, 5) is 4.32. The molecule has 2 heterocycles. The average Bonchev–Trinajstić information content (AvgIpc) is 2.77. The lowest BCUT2D eigenvalue weighted by Crippen LogP contribution is -2.16. The summed E-state index contributed by atoms with van der Waals surface area (Å²) in [6.07, 6.45) is 3.30. The van der Waals surface area contributed by atoms with E-state index in [2.05, 4.69) is 10.1 Å². The molecule has 0 aliphatic carbocycles. The summed E-state index contributed by atoms with van der Waals surface area (Å²) in [7, 11) is 0. The monoisotopic (exact) mass is 285 g/mol. The molecule has 1 aromatic carbocycles. The summed E-state index contributed by atoms with van der Waals surface area (Å²) in [5.41, 5.74) is 8.45. The molecule has 5 nitrogen and oxygen atoms in total. The minimum Gasteiger partial charge on any atom is -0.384 e. The van der Waals surface area contributed by atoms with Crippen LogP contribution in [0.2, 0.25) is 5.02 Å². The Morgan fingerprint density at radius 1 is 1.35 bits per heavy atom. The van der Waals surface area contributed by atoms with Crippen LogP contribution in [0.25, 0.3) is 16.6 Å². The second kappa shape index (κ2) is 4.61. The Morgan fingerprint density at radius 2 is 2.10 bits per heavy atom. The van der Waals surface area contributed by atoms with Crippen molar-refractivity contribution in [1.29, 1.82) is 5.41 Å². The van der Waals surface area contributed by atoms with E-state index < -0.39 is 0 Å². The normalized spacial score (nSPS) is 10.9. The maximum atomic E-state index is 7.72. The Labute approximate surface area is 120 Å². The topological polar surface area (TPSA) is 80.6 Å². The van der Waals surface area contributed by atoms with Crippen LogP contribution in [0.5, 0.6) is 0 Å². The molecule has 20 heavy (non-hydrogen) atoms. The largest absolute Gasteiger partial charge is 0.384 e. The molecule has 2 aromatic heterocycles. The number of para-hydroxylation sites is 1. The van der Waals surface area contributed by atoms with Crippen molar-refractivity contribution in [2.75, 3.05) is 0 Å². The molecule has 0 radical (unpaired) electrons. The number of pyridine rings is 1. The highest BCUT2D eigenvalue weighted by molar-refractivity contribution is 6.31. The van der Waals surface area contributed by atoms with E-state index in [9.17, 15) is 0 Å². The van der Waals surface area contributed by atoms with Gasteiger partial charge in [-0.05, 0) is 13.0 Å². The number of hydrogen-bond acceptors (Lipinski definition) is 3. The van der Waals surface area contributed by atoms with Crippen molar-refractivity contribution in [3.8, 4) is 5.69 Å². The number of rotatable bonds is 2. The molecular formula is C14H12ClN5. The fraction of sp³-hybridized carbons (Fsp3) is 0.0714. The third-order valence-corrected chi connectivity index (χ3v) is 3.48. The fourth-order valence-electron chi connectivity index (χ4n) is 2.12. The molecule has 3 aromatic rings. The summed E-state index contributed by atoms with van der Waals surface area (Å²) in [6.45, 7) is 1.83. The number of nitrogen functional groups attached to an aromatic ring is 1. The molecule has 3 N–H and O–H groups in total. The lowest BCUT2D eigenvalue weighted by molar-refractivity contribution is 0.865. The third kappa shape index (κ3) is 1.92. The van der Waals surface area contributed by atoms with Crippen molar-refractivity contribution in [3.63, 3.8) is 0 Å². The number of nitrogens with zero attached hydrogens (tertiary/aromatic N) is 3. The summed E-state index contributed by atoms with van der Waals surface area (Å²) in [6, 6.07) is 7.65. The molecule has 0 aliphatic heterocycles. The maximum absolute atomic E-state index is 7.72. The van der Waals surface area contributed by atoms with Crippen LogP contribution in [0.1, 0.15) is 11.3 Å². The van der Waals surface area contributed by atoms with Gasteiger partial charge in [-0.15, -0.1) is 0 Å². The SMILES string of the molecule is Cc1nn(-c2c(C(=N)N)cnc3ccccc23)cc1Cl. The van der Waals surface area contributed by atoms with Crippen molar-refractivity contribution in [3.05, 3.63) is 52.9 Å². The van der Waals surface area contributed by atoms with Gasteiger partial charge in [0.05, 0.1) is 27.5 Å². The van der Waals surface area contributed by atoms with Gasteiger partial charge in [-0.3, -0.25) is 10.4 Å². The van der Waals surface area contributed by atoms with Gasteiger partial charge in [0.25, 0.3) is 0 Å². The molecule has 0 atom stereocenters. The van der Waals surface area contributed by atoms with E-state index in [0.717, 1.165) is 22.3 Å². The molecule has 0 saturated heterocycles. The van der Waals surface area contributed by atoms with E-state index in [1.807, 2.05) is 31.2 Å². The Kier molecular flexibility index (Phi) is 2.91. The number of fused-ring (bicyclic) bond motifs is 1. The first kappa shape index (κ1) is 12.6. The summed E-state index contributed by atoms with van der Waals surface area (Å²) < 4.78 is 1.65. The van der Waals surface area contributed by atoms with Crippen LogP contribution in [0.15, 0.2) is 36.7 Å². The van der Waals surface area contributed by atoms with Crippen LogP contribution in [0, 0.1) is 12.3 Å². The van der Waals surface area contributed by atoms with Crippen LogP contribution in [-0.2, 0) is 0 Å². The van der Waals surface area contributed by atoms with Crippen molar-refractivity contribution in [1.82, 2.24) is 14.8 Å². The molecular weight excluding hydrogens is 274 g/mol. The Balaban J connectivity index is 2.41. The van der Waals surface area contributed by atoms with Gasteiger partial charge in [0.15, 0.2) is 0 Å². The van der Waals surface area contributed by atoms with Crippen molar-refractivity contribution >= 4 is 28.3 Å². The molecule has 100 valence electrons. The zero-order valence-corrected chi connectivity index (χ0v) is 11.5. The zero-order valence-electron chi connectivity index (χ0n) is 10.8. The molecule has 0 unspecified atom stereocenters. The molecule has 3 rings (SSSR count). The van der Waals surface area contributed by atoms with Crippen LogP contribution in [0.4, 0.5) is 0 Å². The summed E-state index contributed by atoms with van der Waals surface area (Å²) in [5.74, 6) is -0.0532. The minimum absolute atomic E-state index is 0.0532. The summed E-state index contributed by atoms with van der Waals surface area (Å²) >= 11 is 6.08. The predicted molar refractivity (Wildman–Crippen MR) is 79.6 cm³/mol. The highest BCUT2D eigenvalue weighted by Crippen LogP contribution is 2.26. The van der Waals surface area contributed by atoms with Gasteiger partial charge in [-0.2, -0.15) is 5.10 Å². The lowest BCUT2D eigenvalue weighted by atomic mass is 10.1. The van der Waals surface area contributed by atoms with E-state index in [4.69, 9.17) is 22.7 Å². The molecule has 0 amide bonds. The van der Waals surface area contributed by atoms with Gasteiger partial charge in [-0.1, -0.05) is 29.8 Å². The Hall–Kier alpha value is -2.40. The third-order valence-electron chi connectivity index (χ3n) is 3.11. The first-order valence-electron chi connectivity index (χ1n) is 6.02. The van der Waals surface area contributed by atoms with E-state index >= 15 is 0 Å². The number of hydrogen-bond donors (Lipinski definition) is 2. The molecule has 0 bridgehead atoms. The number of amidine groups is 1. The lowest BCUT2D eigenvalue weighted by Gasteiger charge is -2.11. The highest BCUT2D eigenvalue weighted by Gasteiger charge is 2.15. The van der Waals surface area contributed by atoms with Gasteiger partial charge < -0.3 is 5.73 Å². The molecule has 0 fully saturated rings. The number of aromatic nitrogens is 3. The van der Waals surface area contributed by atoms with Gasteiger partial charge in [-0.25, -0.2) is 4.68 Å². The molecule has 0 aliphatic rings. The number of aryl methyl sites for hydroxylation is 1. The fourth-order valence-corrected chi connectivity index (χ4v) is 2.25. The minimum atomic E-state index is -0.0532. The number of benzene rings is 1. The van der Waals surface area contributed by atoms with Crippen LogP contribution in [0.3, 0.4) is 0 Å². The predicted octanol–water partition coefficient (Wildman–Crippen LogP) is 2.67. The summed E-state index contributed by atoms with van der Waals surface area (Å²) in [5, 5.41) is 13.5. The van der Waals surface area contributed by atoms with Gasteiger partial charge in [0.1, 0.15) is 5.84 Å². The number of halogens is 1. The Morgan fingerprint density at radius 3 is 2.75 bits per heavy atom. The average molecular weight is 286 g/mol. The molecule has 6 heteroatoms. The smallest absolute Gasteiger partial charge is 0.126 e. The second-order valence-corrected chi connectivity index (χ2v) is 4.87. The van der Waals surface area contributed by atoms with Crippen molar-refractivity contribution < 1.29 is 0 Å².